The number of rotatable bonds is 4. The molecule has 0 aromatic rings. The Morgan fingerprint density at radius 3 is 2.54 bits per heavy atom. The van der Waals surface area contributed by atoms with Crippen molar-refractivity contribution in [1.29, 1.82) is 0 Å². The fourth-order valence-electron chi connectivity index (χ4n) is 2.03. The molecule has 0 aromatic carbocycles. The third kappa shape index (κ3) is 3.22. The molecule has 1 rings (SSSR count). The summed E-state index contributed by atoms with van der Waals surface area (Å²) < 4.78 is 0. The van der Waals surface area contributed by atoms with Gasteiger partial charge in [0.1, 0.15) is 5.25 Å². The molecule has 76 valence electrons. The van der Waals surface area contributed by atoms with E-state index in [0.29, 0.717) is 5.92 Å². The molecule has 1 unspecified atom stereocenters. The van der Waals surface area contributed by atoms with Crippen LogP contribution in [0.15, 0.2) is 0 Å². The molecule has 1 N–H and O–H groups in total. The van der Waals surface area contributed by atoms with Gasteiger partial charge in [-0.2, -0.15) is 0 Å². The Labute approximate surface area is 84.1 Å². The Hall–Kier alpha value is -0.180. The molecule has 0 aliphatic heterocycles. The van der Waals surface area contributed by atoms with Crippen LogP contribution in [0.2, 0.25) is 0 Å². The number of carbonyl (C=O) groups is 1. The van der Waals surface area contributed by atoms with Crippen molar-refractivity contribution in [3.05, 3.63) is 0 Å². The van der Waals surface area contributed by atoms with Crippen LogP contribution in [0.3, 0.4) is 0 Å². The van der Waals surface area contributed by atoms with Crippen LogP contribution >= 0.6 is 11.8 Å². The van der Waals surface area contributed by atoms with Gasteiger partial charge in [-0.15, -0.1) is 11.8 Å². The van der Waals surface area contributed by atoms with Crippen LogP contribution in [0.5, 0.6) is 0 Å². The van der Waals surface area contributed by atoms with E-state index < -0.39 is 5.97 Å². The van der Waals surface area contributed by atoms with E-state index in [1.807, 2.05) is 6.92 Å². The highest BCUT2D eigenvalue weighted by molar-refractivity contribution is 8.00. The smallest absolute Gasteiger partial charge is 0.316 e. The Kier molecular flexibility index (Phi) is 4.64. The van der Waals surface area contributed by atoms with Crippen molar-refractivity contribution < 1.29 is 9.90 Å². The van der Waals surface area contributed by atoms with Gasteiger partial charge in [-0.05, 0) is 24.5 Å². The normalized spacial score (nSPS) is 21.3. The number of carboxylic acid groups (broad SMARTS) is 1. The maximum Gasteiger partial charge on any atom is 0.316 e. The molecule has 1 aliphatic rings. The molecule has 0 radical (unpaired) electrons. The Bertz CT molecular complexity index is 164. The van der Waals surface area contributed by atoms with E-state index in [1.54, 1.807) is 11.8 Å². The molecule has 0 spiro atoms. The number of carboxylic acids is 1. The average molecular weight is 202 g/mol. The van der Waals surface area contributed by atoms with E-state index in [2.05, 4.69) is 0 Å². The number of thioether (sulfide) groups is 1. The van der Waals surface area contributed by atoms with Crippen LogP contribution in [0.1, 0.15) is 39.0 Å². The second-order valence-corrected chi connectivity index (χ2v) is 5.03. The van der Waals surface area contributed by atoms with Gasteiger partial charge in [0, 0.05) is 0 Å². The highest BCUT2D eigenvalue weighted by Crippen LogP contribution is 2.32. The lowest BCUT2D eigenvalue weighted by Crippen LogP contribution is -2.28. The van der Waals surface area contributed by atoms with Crippen LogP contribution in [-0.2, 0) is 4.79 Å². The number of hydrogen-bond donors (Lipinski definition) is 1. The predicted octanol–water partition coefficient (Wildman–Crippen LogP) is 2.77. The van der Waals surface area contributed by atoms with Gasteiger partial charge in [0.15, 0.2) is 0 Å². The zero-order valence-electron chi connectivity index (χ0n) is 8.16. The Morgan fingerprint density at radius 1 is 1.46 bits per heavy atom. The molecule has 0 heterocycles. The van der Waals surface area contributed by atoms with Gasteiger partial charge < -0.3 is 5.11 Å². The van der Waals surface area contributed by atoms with E-state index in [9.17, 15) is 4.79 Å². The molecule has 1 aliphatic carbocycles. The summed E-state index contributed by atoms with van der Waals surface area (Å²) in [6.45, 7) is 2.03. The van der Waals surface area contributed by atoms with Crippen LogP contribution in [0.4, 0.5) is 0 Å². The quantitative estimate of drug-likeness (QED) is 0.761. The summed E-state index contributed by atoms with van der Waals surface area (Å²) in [6.07, 6.45) is 5.96. The molecular formula is C10H18O2S. The van der Waals surface area contributed by atoms with Crippen molar-refractivity contribution in [3.63, 3.8) is 0 Å². The van der Waals surface area contributed by atoms with Gasteiger partial charge in [0.25, 0.3) is 0 Å². The summed E-state index contributed by atoms with van der Waals surface area (Å²) in [5.74, 6) is 0.725. The molecule has 1 fully saturated rings. The first-order chi connectivity index (χ1) is 6.25. The molecule has 1 atom stereocenters. The zero-order chi connectivity index (χ0) is 9.68. The summed E-state index contributed by atoms with van der Waals surface area (Å²) in [7, 11) is 0. The van der Waals surface area contributed by atoms with Crippen molar-refractivity contribution in [3.8, 4) is 0 Å². The van der Waals surface area contributed by atoms with Crippen LogP contribution in [-0.4, -0.2) is 22.1 Å². The molecule has 1 saturated carbocycles. The molecular weight excluding hydrogens is 184 g/mol. The fraction of sp³-hybridized carbons (Fsp3) is 0.900. The molecule has 0 bridgehead atoms. The largest absolute Gasteiger partial charge is 0.480 e. The monoisotopic (exact) mass is 202 g/mol. The first kappa shape index (κ1) is 10.9. The first-order valence-corrected chi connectivity index (χ1v) is 6.15. The zero-order valence-corrected chi connectivity index (χ0v) is 8.98. The summed E-state index contributed by atoms with van der Waals surface area (Å²) >= 11 is 1.59. The van der Waals surface area contributed by atoms with Crippen molar-refractivity contribution >= 4 is 17.7 Å². The van der Waals surface area contributed by atoms with Gasteiger partial charge in [0.05, 0.1) is 0 Å². The third-order valence-electron chi connectivity index (χ3n) is 2.67. The Balaban J connectivity index is 2.46. The van der Waals surface area contributed by atoms with E-state index >= 15 is 0 Å². The van der Waals surface area contributed by atoms with Gasteiger partial charge in [-0.3, -0.25) is 4.79 Å². The fourth-order valence-corrected chi connectivity index (χ4v) is 3.07. The SMILES string of the molecule is CCSC(C(=O)O)C1CCCCC1. The van der Waals surface area contributed by atoms with E-state index in [1.165, 1.54) is 19.3 Å². The summed E-state index contributed by atoms with van der Waals surface area (Å²) in [4.78, 5) is 11.0. The lowest BCUT2D eigenvalue weighted by Gasteiger charge is -2.26. The van der Waals surface area contributed by atoms with Gasteiger partial charge in [0.2, 0.25) is 0 Å². The van der Waals surface area contributed by atoms with Gasteiger partial charge >= 0.3 is 5.97 Å². The molecule has 0 amide bonds. The van der Waals surface area contributed by atoms with Crippen molar-refractivity contribution in [2.24, 2.45) is 5.92 Å². The van der Waals surface area contributed by atoms with E-state index in [-0.39, 0.29) is 5.25 Å². The second kappa shape index (κ2) is 5.53. The van der Waals surface area contributed by atoms with Crippen molar-refractivity contribution in [1.82, 2.24) is 0 Å². The number of aliphatic carboxylic acids is 1. The minimum atomic E-state index is -0.612. The highest BCUT2D eigenvalue weighted by Gasteiger charge is 2.28. The Morgan fingerprint density at radius 2 is 2.08 bits per heavy atom. The number of hydrogen-bond acceptors (Lipinski definition) is 2. The van der Waals surface area contributed by atoms with Gasteiger partial charge in [-0.25, -0.2) is 0 Å². The molecule has 3 heteroatoms. The maximum absolute atomic E-state index is 11.0. The third-order valence-corrected chi connectivity index (χ3v) is 3.95. The second-order valence-electron chi connectivity index (χ2n) is 3.61. The molecule has 0 saturated heterocycles. The lowest BCUT2D eigenvalue weighted by atomic mass is 9.87. The summed E-state index contributed by atoms with van der Waals surface area (Å²) in [5, 5.41) is 8.89. The van der Waals surface area contributed by atoms with Gasteiger partial charge in [-0.1, -0.05) is 26.2 Å². The predicted molar refractivity (Wildman–Crippen MR) is 56.1 cm³/mol. The minimum absolute atomic E-state index is 0.148. The minimum Gasteiger partial charge on any atom is -0.480 e. The molecule has 2 nitrogen and oxygen atoms in total. The van der Waals surface area contributed by atoms with E-state index in [0.717, 1.165) is 18.6 Å². The van der Waals surface area contributed by atoms with E-state index in [4.69, 9.17) is 5.11 Å². The van der Waals surface area contributed by atoms with Crippen LogP contribution in [0, 0.1) is 5.92 Å². The van der Waals surface area contributed by atoms with Crippen LogP contribution in [0.25, 0.3) is 0 Å². The highest BCUT2D eigenvalue weighted by atomic mass is 32.2. The molecule has 0 aromatic heterocycles. The lowest BCUT2D eigenvalue weighted by molar-refractivity contribution is -0.137. The van der Waals surface area contributed by atoms with Crippen molar-refractivity contribution in [2.75, 3.05) is 5.75 Å². The average Bonchev–Trinajstić information content (AvgIpc) is 2.15. The standard InChI is InChI=1S/C10H18O2S/c1-2-13-9(10(11)12)8-6-4-3-5-7-8/h8-9H,2-7H2,1H3,(H,11,12). The summed E-state index contributed by atoms with van der Waals surface area (Å²) in [5.41, 5.74) is 0. The first-order valence-electron chi connectivity index (χ1n) is 5.10. The van der Waals surface area contributed by atoms with Crippen LogP contribution < -0.4 is 0 Å². The van der Waals surface area contributed by atoms with Crippen molar-refractivity contribution in [2.45, 2.75) is 44.3 Å². The molecule has 13 heavy (non-hydrogen) atoms. The topological polar surface area (TPSA) is 37.3 Å². The maximum atomic E-state index is 11.0. The summed E-state index contributed by atoms with van der Waals surface area (Å²) in [6, 6.07) is 0.